The molecule has 0 saturated heterocycles. The minimum absolute atomic E-state index is 0. The molecule has 0 radical (unpaired) electrons. The Hall–Kier alpha value is -1.67. The van der Waals surface area contributed by atoms with Gasteiger partial charge in [-0.1, -0.05) is 36.4 Å². The second-order valence-electron chi connectivity index (χ2n) is 4.21. The van der Waals surface area contributed by atoms with Crippen molar-refractivity contribution in [1.82, 2.24) is 4.90 Å². The van der Waals surface area contributed by atoms with Crippen LogP contribution in [0.1, 0.15) is 18.5 Å². The third kappa shape index (κ3) is 11.8. The second kappa shape index (κ2) is 14.7. The Kier molecular flexibility index (Phi) is 15.2. The largest absolute Gasteiger partial charge is 0.305 e. The minimum atomic E-state index is 0. The van der Waals surface area contributed by atoms with Gasteiger partial charge in [0.15, 0.2) is 0 Å². The van der Waals surface area contributed by atoms with Gasteiger partial charge in [0.2, 0.25) is 0 Å². The first-order valence-corrected chi connectivity index (χ1v) is 6.27. The molecule has 2 rings (SSSR count). The summed E-state index contributed by atoms with van der Waals surface area (Å²) in [5.41, 5.74) is 13.5. The first kappa shape index (κ1) is 21.6. The van der Waals surface area contributed by atoms with Crippen LogP contribution in [-0.2, 0) is 19.5 Å². The zero-order chi connectivity index (χ0) is 15.2. The van der Waals surface area contributed by atoms with E-state index in [1.807, 2.05) is 54.6 Å². The molecule has 114 valence electrons. The van der Waals surface area contributed by atoms with Gasteiger partial charge in [-0.3, -0.25) is 0 Å². The van der Waals surface area contributed by atoms with Crippen molar-refractivity contribution < 1.29 is 19.5 Å². The van der Waals surface area contributed by atoms with Gasteiger partial charge in [0, 0.05) is 25.5 Å². The Balaban J connectivity index is 0. The van der Waals surface area contributed by atoms with Crippen molar-refractivity contribution in [3.8, 4) is 0 Å². The molecule has 0 saturated carbocycles. The van der Waals surface area contributed by atoms with Crippen LogP contribution in [0.25, 0.3) is 10.4 Å². The van der Waals surface area contributed by atoms with Crippen molar-refractivity contribution in [3.05, 3.63) is 82.7 Å². The van der Waals surface area contributed by atoms with Gasteiger partial charge in [-0.2, -0.15) is 30.3 Å². The summed E-state index contributed by atoms with van der Waals surface area (Å²) in [6.07, 6.45) is 0. The SMILES string of the molecule is CC(c1[c-]cccc1)N(C)C.[N-]=[N+]=N.[Ru].c1ccccc1. The van der Waals surface area contributed by atoms with E-state index in [0.29, 0.717) is 6.04 Å². The number of benzene rings is 2. The summed E-state index contributed by atoms with van der Waals surface area (Å²) in [6, 6.07) is 23.8. The van der Waals surface area contributed by atoms with E-state index >= 15 is 0 Å². The van der Waals surface area contributed by atoms with E-state index in [9.17, 15) is 0 Å². The molecule has 1 atom stereocenters. The molecule has 0 fully saturated rings. The molecular formula is C16H21N4Ru-. The maximum atomic E-state index is 6.86. The molecule has 1 N–H and O–H groups in total. The van der Waals surface area contributed by atoms with Crippen molar-refractivity contribution in [2.75, 3.05) is 14.1 Å². The maximum Gasteiger partial charge on any atom is 0.00885 e. The number of nitrogens with one attached hydrogen (secondary N) is 1. The number of hydrogen-bond acceptors (Lipinski definition) is 2. The predicted molar refractivity (Wildman–Crippen MR) is 83.3 cm³/mol. The third-order valence-electron chi connectivity index (χ3n) is 2.62. The fourth-order valence-electron chi connectivity index (χ4n) is 1.33. The van der Waals surface area contributed by atoms with E-state index in [4.69, 9.17) is 11.1 Å². The predicted octanol–water partition coefficient (Wildman–Crippen LogP) is 4.67. The second-order valence-corrected chi connectivity index (χ2v) is 4.21. The number of hydrogen-bond donors (Lipinski definition) is 1. The Morgan fingerprint density at radius 2 is 1.48 bits per heavy atom. The molecule has 1 unspecified atom stereocenters. The average molecular weight is 370 g/mol. The summed E-state index contributed by atoms with van der Waals surface area (Å²) < 4.78 is 0. The van der Waals surface area contributed by atoms with Gasteiger partial charge in [0.1, 0.15) is 0 Å². The van der Waals surface area contributed by atoms with E-state index in [1.165, 1.54) is 5.56 Å². The molecule has 5 heteroatoms. The molecule has 2 aromatic rings. The average Bonchev–Trinajstić information content (AvgIpc) is 2.50. The van der Waals surface area contributed by atoms with Gasteiger partial charge in [-0.05, 0) is 31.5 Å². The van der Waals surface area contributed by atoms with Gasteiger partial charge in [-0.15, -0.1) is 11.1 Å². The van der Waals surface area contributed by atoms with E-state index in [2.05, 4.69) is 38.1 Å². The van der Waals surface area contributed by atoms with E-state index in [0.717, 1.165) is 0 Å². The molecule has 2 aromatic carbocycles. The van der Waals surface area contributed by atoms with Gasteiger partial charge >= 0.3 is 0 Å². The van der Waals surface area contributed by atoms with Crippen LogP contribution in [-0.4, -0.2) is 19.0 Å². The van der Waals surface area contributed by atoms with Crippen LogP contribution < -0.4 is 0 Å². The Bertz CT molecular complexity index is 441. The normalized spacial score (nSPS) is 9.71. The van der Waals surface area contributed by atoms with Crippen LogP contribution >= 0.6 is 0 Å². The Morgan fingerprint density at radius 1 is 1.05 bits per heavy atom. The molecule has 0 heterocycles. The summed E-state index contributed by atoms with van der Waals surface area (Å²) in [4.78, 5) is 3.92. The molecule has 0 bridgehead atoms. The summed E-state index contributed by atoms with van der Waals surface area (Å²) in [5, 5.41) is 0. The van der Waals surface area contributed by atoms with Crippen LogP contribution in [0.5, 0.6) is 0 Å². The zero-order valence-corrected chi connectivity index (χ0v) is 14.3. The van der Waals surface area contributed by atoms with Crippen molar-refractivity contribution in [2.24, 2.45) is 0 Å². The summed E-state index contributed by atoms with van der Waals surface area (Å²) in [6.45, 7) is 2.17. The summed E-state index contributed by atoms with van der Waals surface area (Å²) in [7, 11) is 4.15. The Morgan fingerprint density at radius 3 is 1.76 bits per heavy atom. The molecule has 0 aliphatic heterocycles. The van der Waals surface area contributed by atoms with Crippen LogP contribution in [0, 0.1) is 11.6 Å². The van der Waals surface area contributed by atoms with Gasteiger partial charge in [0.05, 0.1) is 0 Å². The molecule has 21 heavy (non-hydrogen) atoms. The van der Waals surface area contributed by atoms with E-state index in [1.54, 1.807) is 4.91 Å². The van der Waals surface area contributed by atoms with Gasteiger partial charge < -0.3 is 4.90 Å². The Labute approximate surface area is 140 Å². The monoisotopic (exact) mass is 371 g/mol. The third-order valence-corrected chi connectivity index (χ3v) is 2.62. The number of rotatable bonds is 2. The summed E-state index contributed by atoms with van der Waals surface area (Å²) >= 11 is 0. The topological polar surface area (TPSA) is 63.5 Å². The van der Waals surface area contributed by atoms with Gasteiger partial charge in [0.25, 0.3) is 0 Å². The van der Waals surface area contributed by atoms with Crippen molar-refractivity contribution >= 4 is 0 Å². The molecular weight excluding hydrogens is 349 g/mol. The number of nitrogens with zero attached hydrogens (tertiary/aromatic N) is 3. The van der Waals surface area contributed by atoms with Crippen LogP contribution in [0.3, 0.4) is 0 Å². The van der Waals surface area contributed by atoms with E-state index in [-0.39, 0.29) is 19.5 Å². The molecule has 4 nitrogen and oxygen atoms in total. The van der Waals surface area contributed by atoms with Crippen LogP contribution in [0.15, 0.2) is 60.7 Å². The van der Waals surface area contributed by atoms with Gasteiger partial charge in [-0.25, -0.2) is 0 Å². The van der Waals surface area contributed by atoms with Crippen molar-refractivity contribution in [3.63, 3.8) is 0 Å². The first-order valence-electron chi connectivity index (χ1n) is 6.27. The molecule has 0 amide bonds. The fourth-order valence-corrected chi connectivity index (χ4v) is 1.33. The van der Waals surface area contributed by atoms with Crippen LogP contribution in [0.2, 0.25) is 0 Å². The molecule has 0 spiro atoms. The quantitative estimate of drug-likeness (QED) is 0.270. The standard InChI is InChI=1S/C10H14N.C6H6.HN3.Ru/c1-9(11(2)3)10-7-5-4-6-8-10;1-2-4-6-5-3-1;1-3-2;/h4-7,9H,1-3H3;1-6H;1H;/q-1;;;. The summed E-state index contributed by atoms with van der Waals surface area (Å²) in [5.74, 6) is 0. The molecule has 0 aromatic heterocycles. The fraction of sp³-hybridized carbons (Fsp3) is 0.250. The molecule has 0 aliphatic rings. The first-order chi connectivity index (χ1) is 9.63. The van der Waals surface area contributed by atoms with Crippen LogP contribution in [0.4, 0.5) is 0 Å². The molecule has 0 aliphatic carbocycles. The van der Waals surface area contributed by atoms with E-state index < -0.39 is 0 Å². The smallest absolute Gasteiger partial charge is 0.00885 e. The zero-order valence-electron chi connectivity index (χ0n) is 12.5. The minimum Gasteiger partial charge on any atom is -0.305 e. The van der Waals surface area contributed by atoms with Crippen molar-refractivity contribution in [1.29, 1.82) is 5.53 Å². The van der Waals surface area contributed by atoms with Crippen molar-refractivity contribution in [2.45, 2.75) is 13.0 Å². The maximum absolute atomic E-state index is 6.86.